The number of nitrogens with one attached hydrogen (secondary N) is 1. The largest absolute Gasteiger partial charge is 0.342 e. The van der Waals surface area contributed by atoms with Gasteiger partial charge in [-0.15, -0.1) is 0 Å². The first-order chi connectivity index (χ1) is 8.56. The highest BCUT2D eigenvalue weighted by Gasteiger charge is 2.35. The van der Waals surface area contributed by atoms with Gasteiger partial charge in [0, 0.05) is 5.92 Å². The predicted molar refractivity (Wildman–Crippen MR) is 71.0 cm³/mol. The lowest BCUT2D eigenvalue weighted by atomic mass is 9.68. The van der Waals surface area contributed by atoms with E-state index in [-0.39, 0.29) is 11.2 Å². The van der Waals surface area contributed by atoms with E-state index in [2.05, 4.69) is 23.8 Å². The van der Waals surface area contributed by atoms with Gasteiger partial charge in [0.2, 0.25) is 0 Å². The minimum Gasteiger partial charge on any atom is -0.342 e. The van der Waals surface area contributed by atoms with Crippen molar-refractivity contribution in [3.8, 4) is 0 Å². The molecule has 2 nitrogen and oxygen atoms in total. The fraction of sp³-hybridized carbons (Fsp3) is 0.533. The lowest BCUT2D eigenvalue weighted by molar-refractivity contribution is 0.193. The average Bonchev–Trinajstić information content (AvgIpc) is 2.70. The van der Waals surface area contributed by atoms with Crippen molar-refractivity contribution in [1.82, 2.24) is 9.97 Å². The van der Waals surface area contributed by atoms with Crippen LogP contribution in [-0.4, -0.2) is 9.97 Å². The van der Waals surface area contributed by atoms with Crippen molar-refractivity contribution in [3.63, 3.8) is 0 Å². The monoisotopic (exact) mass is 246 g/mol. The second kappa shape index (κ2) is 4.08. The average molecular weight is 246 g/mol. The Morgan fingerprint density at radius 1 is 1.33 bits per heavy atom. The van der Waals surface area contributed by atoms with Crippen molar-refractivity contribution in [1.29, 1.82) is 0 Å². The second-order valence-corrected chi connectivity index (χ2v) is 6.07. The third-order valence-corrected chi connectivity index (χ3v) is 4.30. The summed E-state index contributed by atoms with van der Waals surface area (Å²) >= 11 is 0. The van der Waals surface area contributed by atoms with Crippen LogP contribution >= 0.6 is 0 Å². The number of hydrogen-bond donors (Lipinski definition) is 1. The maximum Gasteiger partial charge on any atom is 0.125 e. The molecule has 1 aromatic carbocycles. The van der Waals surface area contributed by atoms with E-state index >= 15 is 0 Å². The molecule has 3 rings (SSSR count). The first kappa shape index (κ1) is 11.7. The Morgan fingerprint density at radius 2 is 2.17 bits per heavy atom. The molecule has 1 unspecified atom stereocenters. The lowest BCUT2D eigenvalue weighted by Crippen LogP contribution is -2.26. The number of aromatic nitrogens is 2. The van der Waals surface area contributed by atoms with Crippen LogP contribution in [0.3, 0.4) is 0 Å². The summed E-state index contributed by atoms with van der Waals surface area (Å²) < 4.78 is 13.2. The van der Waals surface area contributed by atoms with E-state index in [1.165, 1.54) is 37.8 Å². The Morgan fingerprint density at radius 3 is 2.94 bits per heavy atom. The van der Waals surface area contributed by atoms with Crippen LogP contribution in [-0.2, 0) is 0 Å². The zero-order chi connectivity index (χ0) is 12.8. The normalized spacial score (nSPS) is 23.4. The quantitative estimate of drug-likeness (QED) is 0.794. The molecule has 0 saturated heterocycles. The summed E-state index contributed by atoms with van der Waals surface area (Å²) in [5.74, 6) is 1.28. The molecule has 0 aliphatic heterocycles. The number of halogens is 1. The van der Waals surface area contributed by atoms with Crippen LogP contribution < -0.4 is 0 Å². The van der Waals surface area contributed by atoms with Crippen LogP contribution in [0.25, 0.3) is 11.0 Å². The van der Waals surface area contributed by atoms with Crippen molar-refractivity contribution in [2.45, 2.75) is 45.4 Å². The van der Waals surface area contributed by atoms with Gasteiger partial charge in [-0.3, -0.25) is 0 Å². The number of benzene rings is 1. The Labute approximate surface area is 107 Å². The molecule has 1 atom stereocenters. The summed E-state index contributed by atoms with van der Waals surface area (Å²) in [4.78, 5) is 7.96. The summed E-state index contributed by atoms with van der Waals surface area (Å²) in [5.41, 5.74) is 1.96. The molecule has 1 saturated carbocycles. The molecule has 1 N–H and O–H groups in total. The number of aromatic amines is 1. The van der Waals surface area contributed by atoms with Crippen molar-refractivity contribution < 1.29 is 4.39 Å². The number of imidazole rings is 1. The molecule has 1 aliphatic carbocycles. The molecule has 3 heteroatoms. The summed E-state index contributed by atoms with van der Waals surface area (Å²) in [7, 11) is 0. The van der Waals surface area contributed by atoms with Crippen LogP contribution in [0.5, 0.6) is 0 Å². The zero-order valence-corrected chi connectivity index (χ0v) is 11.0. The standard InChI is InChI=1S/C15H19FN2/c1-15(2)8-4-3-5-11(15)14-17-12-7-6-10(16)9-13(12)18-14/h6-7,9,11H,3-5,8H2,1-2H3,(H,17,18). The molecule has 0 radical (unpaired) electrons. The van der Waals surface area contributed by atoms with Crippen LogP contribution in [0.2, 0.25) is 0 Å². The summed E-state index contributed by atoms with van der Waals surface area (Å²) in [6.07, 6.45) is 4.98. The second-order valence-electron chi connectivity index (χ2n) is 6.07. The van der Waals surface area contributed by atoms with Crippen molar-refractivity contribution >= 4 is 11.0 Å². The number of hydrogen-bond acceptors (Lipinski definition) is 1. The SMILES string of the molecule is CC1(C)CCCCC1c1nc2ccc(F)cc2[nH]1. The van der Waals surface area contributed by atoms with Crippen LogP contribution in [0.4, 0.5) is 4.39 Å². The Bertz CT molecular complexity index is 571. The highest BCUT2D eigenvalue weighted by Crippen LogP contribution is 2.46. The molecule has 96 valence electrons. The number of nitrogens with zero attached hydrogens (tertiary/aromatic N) is 1. The summed E-state index contributed by atoms with van der Waals surface area (Å²) in [6, 6.07) is 4.75. The molecular formula is C15H19FN2. The third-order valence-electron chi connectivity index (χ3n) is 4.30. The molecule has 18 heavy (non-hydrogen) atoms. The molecule has 0 amide bonds. The number of fused-ring (bicyclic) bond motifs is 1. The van der Waals surface area contributed by atoms with Gasteiger partial charge >= 0.3 is 0 Å². The van der Waals surface area contributed by atoms with Crippen LogP contribution in [0.1, 0.15) is 51.3 Å². The van der Waals surface area contributed by atoms with E-state index in [1.54, 1.807) is 6.07 Å². The molecule has 0 spiro atoms. The molecule has 0 bridgehead atoms. The van der Waals surface area contributed by atoms with Gasteiger partial charge < -0.3 is 4.98 Å². The third kappa shape index (κ3) is 1.92. The first-order valence-electron chi connectivity index (χ1n) is 6.71. The van der Waals surface area contributed by atoms with Gasteiger partial charge in [0.05, 0.1) is 11.0 Å². The maximum atomic E-state index is 13.2. The van der Waals surface area contributed by atoms with Crippen LogP contribution in [0, 0.1) is 11.2 Å². The van der Waals surface area contributed by atoms with Gasteiger partial charge in [0.15, 0.2) is 0 Å². The van der Waals surface area contributed by atoms with E-state index in [1.807, 2.05) is 0 Å². The maximum absolute atomic E-state index is 13.2. The fourth-order valence-corrected chi connectivity index (χ4v) is 3.17. The van der Waals surface area contributed by atoms with E-state index in [9.17, 15) is 4.39 Å². The highest BCUT2D eigenvalue weighted by molar-refractivity contribution is 5.75. The van der Waals surface area contributed by atoms with Gasteiger partial charge in [-0.1, -0.05) is 26.7 Å². The zero-order valence-electron chi connectivity index (χ0n) is 11.0. The summed E-state index contributed by atoms with van der Waals surface area (Å²) in [6.45, 7) is 4.62. The van der Waals surface area contributed by atoms with Crippen LogP contribution in [0.15, 0.2) is 18.2 Å². The van der Waals surface area contributed by atoms with Gasteiger partial charge in [-0.25, -0.2) is 9.37 Å². The van der Waals surface area contributed by atoms with Crippen molar-refractivity contribution in [3.05, 3.63) is 29.8 Å². The Hall–Kier alpha value is -1.38. The number of H-pyrrole nitrogens is 1. The first-order valence-corrected chi connectivity index (χ1v) is 6.71. The van der Waals surface area contributed by atoms with Gasteiger partial charge in [0.25, 0.3) is 0 Å². The molecule has 1 heterocycles. The topological polar surface area (TPSA) is 28.7 Å². The summed E-state index contributed by atoms with van der Waals surface area (Å²) in [5, 5.41) is 0. The predicted octanol–water partition coefficient (Wildman–Crippen LogP) is 4.39. The van der Waals surface area contributed by atoms with Gasteiger partial charge in [-0.2, -0.15) is 0 Å². The van der Waals surface area contributed by atoms with E-state index in [0.717, 1.165) is 16.9 Å². The fourth-order valence-electron chi connectivity index (χ4n) is 3.17. The van der Waals surface area contributed by atoms with E-state index in [4.69, 9.17) is 0 Å². The molecule has 2 aromatic rings. The Kier molecular flexibility index (Phi) is 2.65. The minimum absolute atomic E-state index is 0.208. The van der Waals surface area contributed by atoms with Gasteiger partial charge in [-0.05, 0) is 36.5 Å². The van der Waals surface area contributed by atoms with E-state index < -0.39 is 0 Å². The van der Waals surface area contributed by atoms with Crippen molar-refractivity contribution in [2.24, 2.45) is 5.41 Å². The molecule has 1 aliphatic rings. The number of rotatable bonds is 1. The van der Waals surface area contributed by atoms with E-state index in [0.29, 0.717) is 5.92 Å². The molecule has 1 aromatic heterocycles. The van der Waals surface area contributed by atoms with Gasteiger partial charge in [0.1, 0.15) is 11.6 Å². The Balaban J connectivity index is 2.03. The molecule has 1 fully saturated rings. The molecular weight excluding hydrogens is 227 g/mol. The minimum atomic E-state index is -0.208. The smallest absolute Gasteiger partial charge is 0.125 e. The van der Waals surface area contributed by atoms with Crippen molar-refractivity contribution in [2.75, 3.05) is 0 Å². The highest BCUT2D eigenvalue weighted by atomic mass is 19.1. The lowest BCUT2D eigenvalue weighted by Gasteiger charge is -2.37.